The molecule has 1 N–H and O–H groups in total. The third kappa shape index (κ3) is 3.23. The highest BCUT2D eigenvalue weighted by molar-refractivity contribution is 5.63. The molecule has 2 aliphatic heterocycles. The first kappa shape index (κ1) is 17.5. The quantitative estimate of drug-likeness (QED) is 0.892. The molecular weight excluding hydrogens is 331 g/mol. The van der Waals surface area contributed by atoms with Crippen LogP contribution in [0.1, 0.15) is 25.3 Å². The molecule has 1 spiro atoms. The molecule has 1 aromatic carbocycles. The molecule has 0 radical (unpaired) electrons. The lowest BCUT2D eigenvalue weighted by molar-refractivity contribution is 0.241. The highest BCUT2D eigenvalue weighted by Crippen LogP contribution is 2.40. The number of benzene rings is 1. The fourth-order valence-corrected chi connectivity index (χ4v) is 4.54. The molecule has 5 nitrogen and oxygen atoms in total. The summed E-state index contributed by atoms with van der Waals surface area (Å²) in [6, 6.07) is 5.05. The molecule has 6 heteroatoms. The van der Waals surface area contributed by atoms with Gasteiger partial charge in [-0.1, -0.05) is 6.92 Å². The van der Waals surface area contributed by atoms with Crippen LogP contribution in [0.4, 0.5) is 4.39 Å². The second-order valence-corrected chi connectivity index (χ2v) is 7.70. The maximum Gasteiger partial charge on any atom is 0.165 e. The molecule has 4 rings (SSSR count). The molecule has 1 aromatic heterocycles. The van der Waals surface area contributed by atoms with Crippen LogP contribution in [0.3, 0.4) is 0 Å². The van der Waals surface area contributed by atoms with E-state index in [1.165, 1.54) is 39.1 Å². The lowest BCUT2D eigenvalue weighted by Crippen LogP contribution is -2.30. The number of hydrogen-bond acceptors (Lipinski definition) is 4. The molecular formula is C20H27FN4O. The van der Waals surface area contributed by atoms with Gasteiger partial charge in [-0.15, -0.1) is 0 Å². The number of nitrogens with one attached hydrogen (secondary N) is 1. The summed E-state index contributed by atoms with van der Waals surface area (Å²) in [4.78, 5) is 5.08. The summed E-state index contributed by atoms with van der Waals surface area (Å²) in [5, 5.41) is 7.26. The van der Waals surface area contributed by atoms with Crippen LogP contribution < -0.4 is 4.74 Å². The normalized spacial score (nSPS) is 24.0. The molecule has 0 unspecified atom stereocenters. The Morgan fingerprint density at radius 2 is 2.00 bits per heavy atom. The SMILES string of the molecule is CCN1CC[C@]2(CCN(Cc3cn[nH]c3-c3ccc(OC)c(F)c3)C2)C1. The maximum atomic E-state index is 14.1. The Bertz CT molecular complexity index is 777. The zero-order chi connectivity index (χ0) is 18.1. The number of likely N-dealkylation sites (tertiary alicyclic amines) is 2. The number of ether oxygens (including phenoxy) is 1. The van der Waals surface area contributed by atoms with Gasteiger partial charge in [0.2, 0.25) is 0 Å². The molecule has 0 aliphatic carbocycles. The molecule has 0 amide bonds. The van der Waals surface area contributed by atoms with Crippen molar-refractivity contribution in [3.8, 4) is 17.0 Å². The van der Waals surface area contributed by atoms with E-state index in [0.717, 1.165) is 43.0 Å². The summed E-state index contributed by atoms with van der Waals surface area (Å²) in [7, 11) is 1.48. The van der Waals surface area contributed by atoms with Gasteiger partial charge in [-0.2, -0.15) is 5.10 Å². The summed E-state index contributed by atoms with van der Waals surface area (Å²) >= 11 is 0. The van der Waals surface area contributed by atoms with E-state index < -0.39 is 0 Å². The minimum atomic E-state index is -0.351. The highest BCUT2D eigenvalue weighted by Gasteiger charge is 2.42. The first-order valence-corrected chi connectivity index (χ1v) is 9.43. The summed E-state index contributed by atoms with van der Waals surface area (Å²) < 4.78 is 19.1. The topological polar surface area (TPSA) is 44.4 Å². The van der Waals surface area contributed by atoms with Crippen LogP contribution >= 0.6 is 0 Å². The van der Waals surface area contributed by atoms with E-state index in [-0.39, 0.29) is 11.6 Å². The van der Waals surface area contributed by atoms with Gasteiger partial charge in [-0.05, 0) is 56.1 Å². The Hall–Kier alpha value is -1.92. The number of halogens is 1. The van der Waals surface area contributed by atoms with E-state index >= 15 is 0 Å². The van der Waals surface area contributed by atoms with Gasteiger partial charge in [0.15, 0.2) is 11.6 Å². The van der Waals surface area contributed by atoms with Crippen molar-refractivity contribution in [1.29, 1.82) is 0 Å². The summed E-state index contributed by atoms with van der Waals surface area (Å²) in [5.74, 6) is -0.0886. The Morgan fingerprint density at radius 1 is 1.23 bits per heavy atom. The maximum absolute atomic E-state index is 14.1. The van der Waals surface area contributed by atoms with Crippen LogP contribution in [0.15, 0.2) is 24.4 Å². The zero-order valence-corrected chi connectivity index (χ0v) is 15.6. The molecule has 3 heterocycles. The van der Waals surface area contributed by atoms with Crippen molar-refractivity contribution in [2.75, 3.05) is 39.8 Å². The number of rotatable bonds is 5. The number of aromatic amines is 1. The van der Waals surface area contributed by atoms with Gasteiger partial charge >= 0.3 is 0 Å². The fourth-order valence-electron chi connectivity index (χ4n) is 4.54. The van der Waals surface area contributed by atoms with Crippen molar-refractivity contribution in [2.24, 2.45) is 5.41 Å². The number of nitrogens with zero attached hydrogens (tertiary/aromatic N) is 3. The third-order valence-corrected chi connectivity index (χ3v) is 6.03. The summed E-state index contributed by atoms with van der Waals surface area (Å²) in [6.07, 6.45) is 4.45. The van der Waals surface area contributed by atoms with Crippen LogP contribution in [0.25, 0.3) is 11.3 Å². The smallest absolute Gasteiger partial charge is 0.165 e. The molecule has 2 fully saturated rings. The van der Waals surface area contributed by atoms with E-state index in [4.69, 9.17) is 4.74 Å². The molecule has 2 saturated heterocycles. The van der Waals surface area contributed by atoms with Crippen molar-refractivity contribution < 1.29 is 9.13 Å². The van der Waals surface area contributed by atoms with Gasteiger partial charge < -0.3 is 9.64 Å². The van der Waals surface area contributed by atoms with Gasteiger partial charge in [0, 0.05) is 30.8 Å². The lowest BCUT2D eigenvalue weighted by atomic mass is 9.86. The monoisotopic (exact) mass is 358 g/mol. The van der Waals surface area contributed by atoms with Crippen molar-refractivity contribution in [3.63, 3.8) is 0 Å². The average molecular weight is 358 g/mol. The van der Waals surface area contributed by atoms with Crippen molar-refractivity contribution in [2.45, 2.75) is 26.3 Å². The number of hydrogen-bond donors (Lipinski definition) is 1. The van der Waals surface area contributed by atoms with E-state index in [1.807, 2.05) is 12.3 Å². The Balaban J connectivity index is 1.48. The van der Waals surface area contributed by atoms with Crippen molar-refractivity contribution >= 4 is 0 Å². The largest absolute Gasteiger partial charge is 0.494 e. The number of aromatic nitrogens is 2. The number of H-pyrrole nitrogens is 1. The predicted molar refractivity (Wildman–Crippen MR) is 99.6 cm³/mol. The Morgan fingerprint density at radius 3 is 2.69 bits per heavy atom. The third-order valence-electron chi connectivity index (χ3n) is 6.03. The molecule has 2 aromatic rings. The predicted octanol–water partition coefficient (Wildman–Crippen LogP) is 3.14. The van der Waals surface area contributed by atoms with E-state index in [2.05, 4.69) is 26.9 Å². The standard InChI is InChI=1S/C20H27FN4O/c1-3-24-8-6-20(13-24)7-9-25(14-20)12-16-11-22-23-19(16)15-4-5-18(26-2)17(21)10-15/h4-5,10-11H,3,6-9,12-14H2,1-2H3,(H,22,23)/t20-/m0/s1. The van der Waals surface area contributed by atoms with Crippen LogP contribution in [-0.2, 0) is 6.54 Å². The lowest BCUT2D eigenvalue weighted by Gasteiger charge is -2.24. The minimum Gasteiger partial charge on any atom is -0.494 e. The fraction of sp³-hybridized carbons (Fsp3) is 0.550. The molecule has 0 saturated carbocycles. The molecule has 2 aliphatic rings. The first-order chi connectivity index (χ1) is 12.6. The van der Waals surface area contributed by atoms with Gasteiger partial charge in [0.1, 0.15) is 0 Å². The highest BCUT2D eigenvalue weighted by atomic mass is 19.1. The van der Waals surface area contributed by atoms with Crippen LogP contribution in [-0.4, -0.2) is 59.8 Å². The summed E-state index contributed by atoms with van der Waals surface area (Å²) in [6.45, 7) is 8.97. The molecule has 1 atom stereocenters. The number of methoxy groups -OCH3 is 1. The van der Waals surface area contributed by atoms with Gasteiger partial charge in [0.05, 0.1) is 19.0 Å². The first-order valence-electron chi connectivity index (χ1n) is 9.43. The van der Waals surface area contributed by atoms with Crippen molar-refractivity contribution in [3.05, 3.63) is 35.8 Å². The van der Waals surface area contributed by atoms with Crippen molar-refractivity contribution in [1.82, 2.24) is 20.0 Å². The van der Waals surface area contributed by atoms with Gasteiger partial charge in [-0.25, -0.2) is 4.39 Å². The van der Waals surface area contributed by atoms with E-state index in [9.17, 15) is 4.39 Å². The van der Waals surface area contributed by atoms with Gasteiger partial charge in [-0.3, -0.25) is 10.00 Å². The second kappa shape index (κ2) is 7.00. The van der Waals surface area contributed by atoms with Gasteiger partial charge in [0.25, 0.3) is 0 Å². The van der Waals surface area contributed by atoms with Crippen LogP contribution in [0, 0.1) is 11.2 Å². The second-order valence-electron chi connectivity index (χ2n) is 7.70. The van der Waals surface area contributed by atoms with E-state index in [0.29, 0.717) is 5.41 Å². The van der Waals surface area contributed by atoms with Crippen LogP contribution in [0.2, 0.25) is 0 Å². The Labute approximate surface area is 154 Å². The zero-order valence-electron chi connectivity index (χ0n) is 15.6. The molecule has 0 bridgehead atoms. The Kier molecular flexibility index (Phi) is 4.71. The van der Waals surface area contributed by atoms with E-state index in [1.54, 1.807) is 6.07 Å². The van der Waals surface area contributed by atoms with Crippen LogP contribution in [0.5, 0.6) is 5.75 Å². The molecule has 26 heavy (non-hydrogen) atoms. The minimum absolute atomic E-state index is 0.262. The summed E-state index contributed by atoms with van der Waals surface area (Å²) in [5.41, 5.74) is 3.29. The average Bonchev–Trinajstić information content (AvgIpc) is 3.36. The molecule has 140 valence electrons.